The number of hydrogen-bond acceptors (Lipinski definition) is 6. The van der Waals surface area contributed by atoms with Crippen molar-refractivity contribution in [3.05, 3.63) is 61.6 Å². The van der Waals surface area contributed by atoms with Gasteiger partial charge in [-0.2, -0.15) is 5.26 Å². The SMILES string of the molecule is CCOc1cc(C2CC(=O)N3CN(c4cccc(Cl)c4C)CSC3=C2C#N)cc(Br)c1O. The summed E-state index contributed by atoms with van der Waals surface area (Å²) in [6.07, 6.45) is 0.165. The summed E-state index contributed by atoms with van der Waals surface area (Å²) >= 11 is 11.1. The van der Waals surface area contributed by atoms with E-state index in [0.29, 0.717) is 45.0 Å². The van der Waals surface area contributed by atoms with Crippen LogP contribution >= 0.6 is 39.3 Å². The molecule has 1 fully saturated rings. The number of rotatable bonds is 4. The fourth-order valence-electron chi connectivity index (χ4n) is 4.00. The first-order chi connectivity index (χ1) is 15.3. The second-order valence-corrected chi connectivity index (χ2v) is 9.73. The molecule has 1 saturated heterocycles. The van der Waals surface area contributed by atoms with Gasteiger partial charge in [-0.05, 0) is 65.2 Å². The van der Waals surface area contributed by atoms with E-state index >= 15 is 0 Å². The molecule has 2 heterocycles. The maximum atomic E-state index is 13.2. The van der Waals surface area contributed by atoms with Gasteiger partial charge in [-0.1, -0.05) is 29.4 Å². The van der Waals surface area contributed by atoms with E-state index in [1.165, 1.54) is 11.8 Å². The molecule has 166 valence electrons. The van der Waals surface area contributed by atoms with Gasteiger partial charge in [0.05, 0.1) is 40.3 Å². The molecule has 0 aliphatic carbocycles. The van der Waals surface area contributed by atoms with E-state index in [4.69, 9.17) is 16.3 Å². The number of nitrogens with zero attached hydrogens (tertiary/aromatic N) is 3. The summed E-state index contributed by atoms with van der Waals surface area (Å²) in [6.45, 7) is 4.54. The fourth-order valence-corrected chi connectivity index (χ4v) is 5.79. The highest BCUT2D eigenvalue weighted by Gasteiger charge is 2.39. The number of benzene rings is 2. The lowest BCUT2D eigenvalue weighted by molar-refractivity contribution is -0.129. The highest BCUT2D eigenvalue weighted by molar-refractivity contribution is 9.10. The van der Waals surface area contributed by atoms with Crippen molar-refractivity contribution in [3.8, 4) is 17.6 Å². The molecule has 0 saturated carbocycles. The third-order valence-corrected chi connectivity index (χ3v) is 7.79. The Kier molecular flexibility index (Phi) is 6.61. The predicted molar refractivity (Wildman–Crippen MR) is 130 cm³/mol. The van der Waals surface area contributed by atoms with Crippen LogP contribution in [0.25, 0.3) is 0 Å². The Hall–Kier alpha value is -2.34. The van der Waals surface area contributed by atoms with Crippen LogP contribution in [0.2, 0.25) is 5.02 Å². The molecule has 0 bridgehead atoms. The van der Waals surface area contributed by atoms with Gasteiger partial charge in [-0.25, -0.2) is 0 Å². The number of amides is 1. The van der Waals surface area contributed by atoms with Crippen molar-refractivity contribution in [2.45, 2.75) is 26.2 Å². The monoisotopic (exact) mass is 533 g/mol. The zero-order chi connectivity index (χ0) is 23.0. The van der Waals surface area contributed by atoms with Gasteiger partial charge in [0.2, 0.25) is 5.91 Å². The summed E-state index contributed by atoms with van der Waals surface area (Å²) in [5.41, 5.74) is 3.24. The van der Waals surface area contributed by atoms with Gasteiger partial charge in [-0.15, -0.1) is 0 Å². The lowest BCUT2D eigenvalue weighted by Gasteiger charge is -2.42. The van der Waals surface area contributed by atoms with Crippen LogP contribution in [0.5, 0.6) is 11.5 Å². The maximum Gasteiger partial charge on any atom is 0.229 e. The highest BCUT2D eigenvalue weighted by atomic mass is 79.9. The number of aromatic hydroxyl groups is 1. The maximum absolute atomic E-state index is 13.2. The molecule has 2 aromatic rings. The molecule has 1 amide bonds. The number of phenols is 1. The molecule has 9 heteroatoms. The van der Waals surface area contributed by atoms with E-state index in [9.17, 15) is 15.2 Å². The lowest BCUT2D eigenvalue weighted by Crippen LogP contribution is -2.47. The number of halogens is 2. The molecule has 1 N–H and O–H groups in total. The number of hydrogen-bond donors (Lipinski definition) is 1. The number of carbonyl (C=O) groups is 1. The number of carbonyl (C=O) groups excluding carboxylic acids is 1. The average molecular weight is 535 g/mol. The smallest absolute Gasteiger partial charge is 0.229 e. The molecular weight excluding hydrogens is 514 g/mol. The minimum Gasteiger partial charge on any atom is -0.503 e. The molecule has 0 aromatic heterocycles. The second-order valence-electron chi connectivity index (χ2n) is 7.53. The van der Waals surface area contributed by atoms with E-state index in [0.717, 1.165) is 16.8 Å². The third-order valence-electron chi connectivity index (χ3n) is 5.63. The van der Waals surface area contributed by atoms with Crippen LogP contribution in [0.15, 0.2) is 45.4 Å². The van der Waals surface area contributed by atoms with E-state index in [1.54, 1.807) is 17.0 Å². The van der Waals surface area contributed by atoms with Crippen molar-refractivity contribution in [2.24, 2.45) is 0 Å². The molecule has 2 aromatic carbocycles. The summed E-state index contributed by atoms with van der Waals surface area (Å²) in [7, 11) is 0. The number of allylic oxidation sites excluding steroid dienone is 1. The standard InChI is InChI=1S/C23H21BrClN3O3S/c1-3-31-20-8-14(7-17(24)22(20)30)15-9-21(29)28-11-27(12-32-23(28)16(15)10-26)19-6-4-5-18(25)13(19)2/h4-8,15,30H,3,9,11-12H2,1-2H3. The van der Waals surface area contributed by atoms with Crippen LogP contribution in [0, 0.1) is 18.3 Å². The van der Waals surface area contributed by atoms with Crippen molar-refractivity contribution >= 4 is 50.9 Å². The van der Waals surface area contributed by atoms with E-state index in [-0.39, 0.29) is 18.1 Å². The van der Waals surface area contributed by atoms with Gasteiger partial charge in [-0.3, -0.25) is 9.69 Å². The first-order valence-corrected chi connectivity index (χ1v) is 12.2. The molecule has 1 unspecified atom stereocenters. The summed E-state index contributed by atoms with van der Waals surface area (Å²) in [6, 6.07) is 11.5. The van der Waals surface area contributed by atoms with Crippen LogP contribution in [0.3, 0.4) is 0 Å². The Bertz CT molecular complexity index is 1160. The van der Waals surface area contributed by atoms with Crippen molar-refractivity contribution < 1.29 is 14.6 Å². The molecular formula is C23H21BrClN3O3S. The van der Waals surface area contributed by atoms with Gasteiger partial charge in [0.1, 0.15) is 0 Å². The molecule has 0 spiro atoms. The third kappa shape index (κ3) is 4.05. The number of anilines is 1. The van der Waals surface area contributed by atoms with Crippen LogP contribution in [-0.4, -0.2) is 35.1 Å². The average Bonchev–Trinajstić information content (AvgIpc) is 2.78. The first-order valence-electron chi connectivity index (χ1n) is 10.1. The van der Waals surface area contributed by atoms with E-state index in [2.05, 4.69) is 26.9 Å². The van der Waals surface area contributed by atoms with Gasteiger partial charge >= 0.3 is 0 Å². The van der Waals surface area contributed by atoms with Crippen molar-refractivity contribution in [3.63, 3.8) is 0 Å². The molecule has 2 aliphatic rings. The highest BCUT2D eigenvalue weighted by Crippen LogP contribution is 2.46. The normalized spacial score (nSPS) is 18.5. The van der Waals surface area contributed by atoms with Crippen molar-refractivity contribution in [1.82, 2.24) is 4.90 Å². The number of nitriles is 1. The summed E-state index contributed by atoms with van der Waals surface area (Å²) in [5.74, 6) is 0.477. The lowest BCUT2D eigenvalue weighted by atomic mass is 9.86. The second kappa shape index (κ2) is 9.26. The molecule has 4 rings (SSSR count). The number of thioether (sulfide) groups is 1. The van der Waals surface area contributed by atoms with Crippen molar-refractivity contribution in [2.75, 3.05) is 24.1 Å². The molecule has 6 nitrogen and oxygen atoms in total. The summed E-state index contributed by atoms with van der Waals surface area (Å²) in [4.78, 5) is 17.0. The van der Waals surface area contributed by atoms with Gasteiger partial charge in [0, 0.05) is 23.0 Å². The Balaban J connectivity index is 1.70. The molecule has 2 aliphatic heterocycles. The molecule has 1 atom stereocenters. The summed E-state index contributed by atoms with van der Waals surface area (Å²) in [5, 5.41) is 21.6. The topological polar surface area (TPSA) is 76.8 Å². The number of fused-ring (bicyclic) bond motifs is 1. The minimum atomic E-state index is -0.401. The summed E-state index contributed by atoms with van der Waals surface area (Å²) < 4.78 is 6.01. The zero-order valence-electron chi connectivity index (χ0n) is 17.6. The minimum absolute atomic E-state index is 0.00472. The first kappa shape index (κ1) is 22.8. The van der Waals surface area contributed by atoms with Crippen molar-refractivity contribution in [1.29, 1.82) is 5.26 Å². The number of phenolic OH excluding ortho intramolecular Hbond substituents is 1. The largest absolute Gasteiger partial charge is 0.503 e. The van der Waals surface area contributed by atoms with Crippen LogP contribution < -0.4 is 9.64 Å². The number of ether oxygens (including phenoxy) is 1. The Morgan fingerprint density at radius 3 is 2.91 bits per heavy atom. The zero-order valence-corrected chi connectivity index (χ0v) is 20.7. The fraction of sp³-hybridized carbons (Fsp3) is 0.304. The van der Waals surface area contributed by atoms with Gasteiger partial charge < -0.3 is 14.7 Å². The van der Waals surface area contributed by atoms with E-state index in [1.807, 2.05) is 32.0 Å². The van der Waals surface area contributed by atoms with Crippen LogP contribution in [-0.2, 0) is 4.79 Å². The molecule has 0 radical (unpaired) electrons. The Labute approximate surface area is 204 Å². The van der Waals surface area contributed by atoms with E-state index < -0.39 is 5.92 Å². The Morgan fingerprint density at radius 1 is 1.41 bits per heavy atom. The predicted octanol–water partition coefficient (Wildman–Crippen LogP) is 5.73. The van der Waals surface area contributed by atoms with Gasteiger partial charge in [0.15, 0.2) is 11.5 Å². The van der Waals surface area contributed by atoms with Crippen LogP contribution in [0.4, 0.5) is 5.69 Å². The quantitative estimate of drug-likeness (QED) is 0.539. The Morgan fingerprint density at radius 2 is 2.19 bits per heavy atom. The molecule has 32 heavy (non-hydrogen) atoms. The van der Waals surface area contributed by atoms with Gasteiger partial charge in [0.25, 0.3) is 0 Å². The van der Waals surface area contributed by atoms with Crippen LogP contribution in [0.1, 0.15) is 30.4 Å².